The van der Waals surface area contributed by atoms with E-state index < -0.39 is 10.0 Å². The van der Waals surface area contributed by atoms with Crippen molar-refractivity contribution in [3.05, 3.63) is 48.5 Å². The number of methoxy groups -OCH3 is 1. The number of nitrogen functional groups attached to an aromatic ring is 1. The Bertz CT molecular complexity index is 1200. The Labute approximate surface area is 153 Å². The van der Waals surface area contributed by atoms with Gasteiger partial charge in [-0.25, -0.2) is 0 Å². The van der Waals surface area contributed by atoms with Gasteiger partial charge in [-0.05, 0) is 36.4 Å². The van der Waals surface area contributed by atoms with Gasteiger partial charge in [0, 0.05) is 11.6 Å². The Morgan fingerprint density at radius 2 is 1.88 bits per heavy atom. The van der Waals surface area contributed by atoms with Gasteiger partial charge in [0.15, 0.2) is 0 Å². The molecular formula is C16H13N5O3S2. The second-order valence-corrected chi connectivity index (χ2v) is 7.68. The lowest BCUT2D eigenvalue weighted by Crippen LogP contribution is -2.17. The smallest absolute Gasteiger partial charge is 0.287 e. The van der Waals surface area contributed by atoms with Crippen molar-refractivity contribution in [2.75, 3.05) is 12.8 Å². The van der Waals surface area contributed by atoms with E-state index in [0.29, 0.717) is 22.5 Å². The lowest BCUT2D eigenvalue weighted by atomic mass is 10.1. The van der Waals surface area contributed by atoms with E-state index in [2.05, 4.69) is 13.8 Å². The number of benzene rings is 2. The summed E-state index contributed by atoms with van der Waals surface area (Å²) in [4.78, 5) is 0.0137. The number of hydrogen-bond acceptors (Lipinski definition) is 8. The number of hydrogen-bond donors (Lipinski definition) is 1. The maximum atomic E-state index is 13.0. The molecule has 0 aliphatic rings. The number of ether oxygens (including phenoxy) is 1. The van der Waals surface area contributed by atoms with Gasteiger partial charge >= 0.3 is 0 Å². The Kier molecular flexibility index (Phi) is 3.85. The van der Waals surface area contributed by atoms with E-state index in [0.717, 1.165) is 21.4 Å². The van der Waals surface area contributed by atoms with Crippen LogP contribution in [0.2, 0.25) is 0 Å². The van der Waals surface area contributed by atoms with Crippen LogP contribution in [0, 0.1) is 0 Å². The summed E-state index contributed by atoms with van der Waals surface area (Å²) in [6, 6.07) is 13.4. The van der Waals surface area contributed by atoms with Crippen LogP contribution in [0.25, 0.3) is 22.3 Å². The predicted molar refractivity (Wildman–Crippen MR) is 98.6 cm³/mol. The largest absolute Gasteiger partial charge is 0.497 e. The quantitative estimate of drug-likeness (QED) is 0.572. The Morgan fingerprint density at radius 3 is 2.62 bits per heavy atom. The van der Waals surface area contributed by atoms with Crippen LogP contribution in [-0.4, -0.2) is 33.5 Å². The lowest BCUT2D eigenvalue weighted by Gasteiger charge is -2.06. The molecule has 0 aliphatic carbocycles. The Hall–Kier alpha value is -2.98. The van der Waals surface area contributed by atoms with Crippen LogP contribution in [0.3, 0.4) is 0 Å². The monoisotopic (exact) mass is 387 g/mol. The van der Waals surface area contributed by atoms with Gasteiger partial charge in [-0.15, -0.1) is 4.09 Å². The van der Waals surface area contributed by atoms with Crippen molar-refractivity contribution in [1.29, 1.82) is 0 Å². The van der Waals surface area contributed by atoms with E-state index in [1.807, 2.05) is 0 Å². The van der Waals surface area contributed by atoms with Crippen molar-refractivity contribution < 1.29 is 13.2 Å². The molecule has 0 unspecified atom stereocenters. The topological polar surface area (TPSA) is 113 Å². The number of nitrogens with two attached hydrogens (primary N) is 1. The molecular weight excluding hydrogens is 374 g/mol. The van der Waals surface area contributed by atoms with E-state index in [1.165, 1.54) is 12.1 Å². The summed E-state index contributed by atoms with van der Waals surface area (Å²) < 4.78 is 40.2. The molecule has 0 atom stereocenters. The summed E-state index contributed by atoms with van der Waals surface area (Å²) in [6.45, 7) is 0. The molecule has 4 aromatic rings. The Morgan fingerprint density at radius 1 is 1.12 bits per heavy atom. The molecule has 2 N–H and O–H groups in total. The molecule has 0 saturated carbocycles. The molecule has 0 radical (unpaired) electrons. The third-order valence-corrected chi connectivity index (χ3v) is 6.02. The van der Waals surface area contributed by atoms with Crippen LogP contribution in [-0.2, 0) is 10.0 Å². The summed E-state index contributed by atoms with van der Waals surface area (Å²) in [6.07, 6.45) is 0. The zero-order valence-electron chi connectivity index (χ0n) is 13.5. The number of aromatic nitrogens is 4. The third kappa shape index (κ3) is 2.59. The average Bonchev–Trinajstić information content (AvgIpc) is 3.28. The second-order valence-electron chi connectivity index (χ2n) is 5.42. The van der Waals surface area contributed by atoms with Gasteiger partial charge in [0.05, 0.1) is 24.5 Å². The highest BCUT2D eigenvalue weighted by Crippen LogP contribution is 2.28. The van der Waals surface area contributed by atoms with Crippen LogP contribution in [0.1, 0.15) is 0 Å². The first-order valence-corrected chi connectivity index (χ1v) is 9.64. The molecule has 0 bridgehead atoms. The van der Waals surface area contributed by atoms with Crippen LogP contribution in [0.5, 0.6) is 5.75 Å². The molecule has 2 aromatic heterocycles. The van der Waals surface area contributed by atoms with Gasteiger partial charge in [0.25, 0.3) is 10.0 Å². The number of nitrogens with zero attached hydrogens (tertiary/aromatic N) is 4. The molecule has 0 saturated heterocycles. The maximum absolute atomic E-state index is 13.0. The van der Waals surface area contributed by atoms with Gasteiger partial charge in [0.2, 0.25) is 0 Å². The molecule has 0 aliphatic heterocycles. The van der Waals surface area contributed by atoms with E-state index in [4.69, 9.17) is 10.5 Å². The maximum Gasteiger partial charge on any atom is 0.287 e. The number of rotatable bonds is 4. The van der Waals surface area contributed by atoms with Crippen molar-refractivity contribution >= 4 is 38.6 Å². The SMILES string of the molecule is COc1ccc(-c2cc(N)n(S(=O)(=O)c3cccc4nsnc34)n2)cc1. The predicted octanol–water partition coefficient (Wildman–Crippen LogP) is 2.38. The first-order valence-electron chi connectivity index (χ1n) is 7.47. The second kappa shape index (κ2) is 6.07. The molecule has 2 aromatic carbocycles. The van der Waals surface area contributed by atoms with Gasteiger partial charge in [-0.3, -0.25) is 0 Å². The molecule has 2 heterocycles. The van der Waals surface area contributed by atoms with Crippen LogP contribution in [0.15, 0.2) is 53.4 Å². The summed E-state index contributed by atoms with van der Waals surface area (Å²) in [5.74, 6) is 0.701. The fourth-order valence-corrected chi connectivity index (χ4v) is 4.52. The molecule has 0 amide bonds. The number of fused-ring (bicyclic) bond motifs is 1. The molecule has 132 valence electrons. The van der Waals surface area contributed by atoms with Crippen molar-refractivity contribution in [2.24, 2.45) is 0 Å². The van der Waals surface area contributed by atoms with Gasteiger partial charge in [-0.2, -0.15) is 22.3 Å². The highest BCUT2D eigenvalue weighted by atomic mass is 32.2. The zero-order chi connectivity index (χ0) is 18.3. The normalized spacial score (nSPS) is 11.7. The van der Waals surface area contributed by atoms with Crippen molar-refractivity contribution in [1.82, 2.24) is 17.9 Å². The molecule has 26 heavy (non-hydrogen) atoms. The third-order valence-electron chi connectivity index (χ3n) is 3.84. The summed E-state index contributed by atoms with van der Waals surface area (Å²) >= 11 is 0.951. The number of anilines is 1. The first kappa shape index (κ1) is 16.5. The van der Waals surface area contributed by atoms with Gasteiger partial charge in [-0.1, -0.05) is 6.07 Å². The fourth-order valence-electron chi connectivity index (χ4n) is 2.56. The average molecular weight is 387 g/mol. The lowest BCUT2D eigenvalue weighted by molar-refractivity contribution is 0.415. The van der Waals surface area contributed by atoms with Gasteiger partial charge < -0.3 is 10.5 Å². The molecule has 4 rings (SSSR count). The minimum Gasteiger partial charge on any atom is -0.497 e. The fraction of sp³-hybridized carbons (Fsp3) is 0.0625. The van der Waals surface area contributed by atoms with Crippen molar-refractivity contribution in [3.8, 4) is 17.0 Å². The summed E-state index contributed by atoms with van der Waals surface area (Å²) in [5.41, 5.74) is 7.92. The van der Waals surface area contributed by atoms with Crippen LogP contribution in [0.4, 0.5) is 5.82 Å². The van der Waals surface area contributed by atoms with E-state index in [9.17, 15) is 8.42 Å². The molecule has 0 fully saturated rings. The highest BCUT2D eigenvalue weighted by molar-refractivity contribution is 7.90. The first-order chi connectivity index (χ1) is 12.5. The van der Waals surface area contributed by atoms with Gasteiger partial charge in [0.1, 0.15) is 27.5 Å². The minimum absolute atomic E-state index is 0.0102. The van der Waals surface area contributed by atoms with E-state index >= 15 is 0 Å². The molecule has 10 heteroatoms. The van der Waals surface area contributed by atoms with Crippen LogP contribution < -0.4 is 10.5 Å². The van der Waals surface area contributed by atoms with E-state index in [-0.39, 0.29) is 10.7 Å². The standard InChI is InChI=1S/C16H13N5O3S2/c1-24-11-7-5-10(6-8-11)13-9-15(17)21(18-13)26(22,23)14-4-2-3-12-16(14)20-25-19-12/h2-9H,17H2,1H3. The van der Waals surface area contributed by atoms with Crippen LogP contribution >= 0.6 is 11.7 Å². The molecule has 0 spiro atoms. The van der Waals surface area contributed by atoms with E-state index in [1.54, 1.807) is 43.5 Å². The Balaban J connectivity index is 1.82. The summed E-state index contributed by atoms with van der Waals surface area (Å²) in [7, 11) is -2.43. The molecule has 8 nitrogen and oxygen atoms in total. The van der Waals surface area contributed by atoms with Crippen molar-refractivity contribution in [3.63, 3.8) is 0 Å². The zero-order valence-corrected chi connectivity index (χ0v) is 15.2. The minimum atomic E-state index is -4.01. The highest BCUT2D eigenvalue weighted by Gasteiger charge is 2.25. The summed E-state index contributed by atoms with van der Waals surface area (Å²) in [5, 5.41) is 4.19. The van der Waals surface area contributed by atoms with Crippen molar-refractivity contribution in [2.45, 2.75) is 4.90 Å².